The van der Waals surface area contributed by atoms with Gasteiger partial charge in [-0.2, -0.15) is 0 Å². The van der Waals surface area contributed by atoms with Crippen LogP contribution in [0.3, 0.4) is 0 Å². The molecule has 0 spiro atoms. The molecule has 0 amide bonds. The lowest BCUT2D eigenvalue weighted by atomic mass is 9.71. The van der Waals surface area contributed by atoms with E-state index in [1.165, 1.54) is 19.3 Å². The highest BCUT2D eigenvalue weighted by Crippen LogP contribution is 2.39. The smallest absolute Gasteiger partial charge is 0.159 e. The van der Waals surface area contributed by atoms with Crippen LogP contribution in [0.1, 0.15) is 52.4 Å². The molecule has 3 heteroatoms. The third kappa shape index (κ3) is 4.23. The zero-order valence-electron chi connectivity index (χ0n) is 11.7. The molecular formula is C14H28O3. The SMILES string of the molecule is CCC1CCCC(C(C)(O)CC(OC)OC)C1. The summed E-state index contributed by atoms with van der Waals surface area (Å²) in [5.41, 5.74) is -0.676. The van der Waals surface area contributed by atoms with Gasteiger partial charge in [-0.1, -0.05) is 26.2 Å². The van der Waals surface area contributed by atoms with Crippen LogP contribution < -0.4 is 0 Å². The lowest BCUT2D eigenvalue weighted by Crippen LogP contribution is -2.41. The highest BCUT2D eigenvalue weighted by molar-refractivity contribution is 4.87. The first-order chi connectivity index (χ1) is 8.03. The van der Waals surface area contributed by atoms with E-state index in [4.69, 9.17) is 9.47 Å². The summed E-state index contributed by atoms with van der Waals surface area (Å²) in [4.78, 5) is 0. The Kier molecular flexibility index (Phi) is 5.90. The summed E-state index contributed by atoms with van der Waals surface area (Å²) in [6.07, 6.45) is 6.32. The molecule has 1 rings (SSSR count). The van der Waals surface area contributed by atoms with Crippen molar-refractivity contribution in [2.75, 3.05) is 14.2 Å². The Bertz CT molecular complexity index is 212. The van der Waals surface area contributed by atoms with Crippen LogP contribution in [0.4, 0.5) is 0 Å². The monoisotopic (exact) mass is 244 g/mol. The zero-order chi connectivity index (χ0) is 12.9. The molecular weight excluding hydrogens is 216 g/mol. The minimum Gasteiger partial charge on any atom is -0.390 e. The first kappa shape index (κ1) is 14.9. The van der Waals surface area contributed by atoms with Gasteiger partial charge in [0.25, 0.3) is 0 Å². The van der Waals surface area contributed by atoms with Crippen LogP contribution in [0.15, 0.2) is 0 Å². The van der Waals surface area contributed by atoms with Crippen molar-refractivity contribution < 1.29 is 14.6 Å². The molecule has 3 atom stereocenters. The number of hydrogen-bond acceptors (Lipinski definition) is 3. The Hall–Kier alpha value is -0.120. The van der Waals surface area contributed by atoms with Gasteiger partial charge >= 0.3 is 0 Å². The van der Waals surface area contributed by atoms with Gasteiger partial charge in [-0.25, -0.2) is 0 Å². The fourth-order valence-electron chi connectivity index (χ4n) is 2.99. The topological polar surface area (TPSA) is 38.7 Å². The van der Waals surface area contributed by atoms with Crippen LogP contribution in [0.5, 0.6) is 0 Å². The molecule has 0 saturated heterocycles. The predicted octanol–water partition coefficient (Wildman–Crippen LogP) is 2.96. The second-order valence-electron chi connectivity index (χ2n) is 5.60. The summed E-state index contributed by atoms with van der Waals surface area (Å²) in [5.74, 6) is 1.16. The fourth-order valence-corrected chi connectivity index (χ4v) is 2.99. The molecule has 0 bridgehead atoms. The van der Waals surface area contributed by atoms with Crippen molar-refractivity contribution in [1.82, 2.24) is 0 Å². The molecule has 17 heavy (non-hydrogen) atoms. The summed E-state index contributed by atoms with van der Waals surface area (Å²) in [7, 11) is 3.25. The first-order valence-electron chi connectivity index (χ1n) is 6.81. The molecule has 3 nitrogen and oxygen atoms in total. The van der Waals surface area contributed by atoms with E-state index in [2.05, 4.69) is 6.92 Å². The van der Waals surface area contributed by atoms with E-state index >= 15 is 0 Å². The van der Waals surface area contributed by atoms with Gasteiger partial charge in [-0.3, -0.25) is 0 Å². The standard InChI is InChI=1S/C14H28O3/c1-5-11-7-6-8-12(9-11)14(2,15)10-13(16-3)17-4/h11-13,15H,5-10H2,1-4H3. The van der Waals surface area contributed by atoms with Gasteiger partial charge in [-0.05, 0) is 31.6 Å². The number of methoxy groups -OCH3 is 2. The maximum absolute atomic E-state index is 10.6. The van der Waals surface area contributed by atoms with Crippen molar-refractivity contribution in [1.29, 1.82) is 0 Å². The Balaban J connectivity index is 2.55. The molecule has 1 aliphatic rings. The first-order valence-corrected chi connectivity index (χ1v) is 6.81. The number of rotatable bonds is 6. The summed E-state index contributed by atoms with van der Waals surface area (Å²) < 4.78 is 10.4. The quantitative estimate of drug-likeness (QED) is 0.730. The summed E-state index contributed by atoms with van der Waals surface area (Å²) >= 11 is 0. The van der Waals surface area contributed by atoms with Crippen LogP contribution in [-0.2, 0) is 9.47 Å². The van der Waals surface area contributed by atoms with Gasteiger partial charge in [0.2, 0.25) is 0 Å². The molecule has 1 saturated carbocycles. The van der Waals surface area contributed by atoms with Gasteiger partial charge in [0, 0.05) is 20.6 Å². The lowest BCUT2D eigenvalue weighted by molar-refractivity contribution is -0.155. The van der Waals surface area contributed by atoms with Crippen molar-refractivity contribution in [3.05, 3.63) is 0 Å². The summed E-state index contributed by atoms with van der Waals surface area (Å²) in [6, 6.07) is 0. The van der Waals surface area contributed by atoms with Crippen LogP contribution in [0.25, 0.3) is 0 Å². The van der Waals surface area contributed by atoms with E-state index in [1.54, 1.807) is 14.2 Å². The van der Waals surface area contributed by atoms with Gasteiger partial charge in [-0.15, -0.1) is 0 Å². The van der Waals surface area contributed by atoms with Crippen molar-refractivity contribution in [3.8, 4) is 0 Å². The predicted molar refractivity (Wildman–Crippen MR) is 68.8 cm³/mol. The maximum atomic E-state index is 10.6. The molecule has 0 radical (unpaired) electrons. The van der Waals surface area contributed by atoms with Crippen molar-refractivity contribution in [2.45, 2.75) is 64.3 Å². The zero-order valence-corrected chi connectivity index (χ0v) is 11.7. The van der Waals surface area contributed by atoms with Crippen LogP contribution >= 0.6 is 0 Å². The molecule has 0 aliphatic heterocycles. The average Bonchev–Trinajstić information content (AvgIpc) is 2.36. The molecule has 1 aliphatic carbocycles. The van der Waals surface area contributed by atoms with E-state index in [1.807, 2.05) is 6.92 Å². The molecule has 1 N–H and O–H groups in total. The lowest BCUT2D eigenvalue weighted by Gasteiger charge is -2.39. The molecule has 3 unspecified atom stereocenters. The Morgan fingerprint density at radius 2 is 1.94 bits per heavy atom. The van der Waals surface area contributed by atoms with E-state index in [-0.39, 0.29) is 6.29 Å². The normalized spacial score (nSPS) is 29.3. The van der Waals surface area contributed by atoms with E-state index in [0.717, 1.165) is 18.8 Å². The molecule has 0 aromatic carbocycles. The Morgan fingerprint density at radius 1 is 1.29 bits per heavy atom. The summed E-state index contributed by atoms with van der Waals surface area (Å²) in [5, 5.41) is 10.6. The van der Waals surface area contributed by atoms with Crippen LogP contribution in [0, 0.1) is 11.8 Å². The van der Waals surface area contributed by atoms with Crippen molar-refractivity contribution in [3.63, 3.8) is 0 Å². The minimum atomic E-state index is -0.676. The number of ether oxygens (including phenoxy) is 2. The molecule has 0 aromatic heterocycles. The van der Waals surface area contributed by atoms with Crippen LogP contribution in [-0.4, -0.2) is 31.2 Å². The van der Waals surface area contributed by atoms with E-state index in [0.29, 0.717) is 12.3 Å². The third-order valence-electron chi connectivity index (χ3n) is 4.35. The second-order valence-corrected chi connectivity index (χ2v) is 5.60. The maximum Gasteiger partial charge on any atom is 0.159 e. The fraction of sp³-hybridized carbons (Fsp3) is 1.00. The number of hydrogen-bond donors (Lipinski definition) is 1. The van der Waals surface area contributed by atoms with Gasteiger partial charge in [0.15, 0.2) is 6.29 Å². The van der Waals surface area contributed by atoms with Crippen molar-refractivity contribution >= 4 is 0 Å². The second kappa shape index (κ2) is 6.72. The highest BCUT2D eigenvalue weighted by atomic mass is 16.7. The highest BCUT2D eigenvalue weighted by Gasteiger charge is 2.37. The molecule has 0 heterocycles. The van der Waals surface area contributed by atoms with E-state index in [9.17, 15) is 5.11 Å². The molecule has 0 aromatic rings. The molecule has 1 fully saturated rings. The number of aliphatic hydroxyl groups is 1. The minimum absolute atomic E-state index is 0.299. The summed E-state index contributed by atoms with van der Waals surface area (Å²) in [6.45, 7) is 4.18. The van der Waals surface area contributed by atoms with E-state index < -0.39 is 5.60 Å². The van der Waals surface area contributed by atoms with Gasteiger partial charge in [0.1, 0.15) is 0 Å². The van der Waals surface area contributed by atoms with Gasteiger partial charge < -0.3 is 14.6 Å². The van der Waals surface area contributed by atoms with Crippen molar-refractivity contribution in [2.24, 2.45) is 11.8 Å². The van der Waals surface area contributed by atoms with Gasteiger partial charge in [0.05, 0.1) is 5.60 Å². The Labute approximate surface area is 105 Å². The average molecular weight is 244 g/mol. The third-order valence-corrected chi connectivity index (χ3v) is 4.35. The van der Waals surface area contributed by atoms with Crippen LogP contribution in [0.2, 0.25) is 0 Å². The molecule has 102 valence electrons. The largest absolute Gasteiger partial charge is 0.390 e. The Morgan fingerprint density at radius 3 is 2.47 bits per heavy atom.